The third-order valence-corrected chi connectivity index (χ3v) is 3.57. The van der Waals surface area contributed by atoms with Crippen molar-refractivity contribution in [2.24, 2.45) is 0 Å². The average Bonchev–Trinajstić information content (AvgIpc) is 2.50. The van der Waals surface area contributed by atoms with E-state index < -0.39 is 17.7 Å². The van der Waals surface area contributed by atoms with Crippen LogP contribution in [0, 0.1) is 12.7 Å². The molecule has 0 bridgehead atoms. The Morgan fingerprint density at radius 3 is 2.59 bits per heavy atom. The highest BCUT2D eigenvalue weighted by Crippen LogP contribution is 2.21. The van der Waals surface area contributed by atoms with Crippen molar-refractivity contribution in [3.63, 3.8) is 0 Å². The smallest absolute Gasteiger partial charge is 0.337 e. The largest absolute Gasteiger partial charge is 0.465 e. The van der Waals surface area contributed by atoms with E-state index in [1.807, 2.05) is 0 Å². The minimum atomic E-state index is -0.623. The molecule has 0 aromatic heterocycles. The second-order valence-corrected chi connectivity index (χ2v) is 5.52. The lowest BCUT2D eigenvalue weighted by molar-refractivity contribution is 0.0600. The summed E-state index contributed by atoms with van der Waals surface area (Å²) in [4.78, 5) is 23.7. The van der Waals surface area contributed by atoms with Crippen LogP contribution in [0.15, 0.2) is 40.9 Å². The monoisotopic (exact) mass is 365 g/mol. The molecule has 0 aliphatic carbocycles. The number of benzene rings is 2. The molecule has 114 valence electrons. The second kappa shape index (κ2) is 6.70. The molecule has 0 radical (unpaired) electrons. The standard InChI is InChI=1S/C16H13BrFNO3/c1-9-3-4-10(16(21)22-2)7-14(9)19-15(20)12-8-11(17)5-6-13(12)18/h3-8H,1-2H3,(H,19,20). The Bertz CT molecular complexity index is 746. The van der Waals surface area contributed by atoms with Crippen LogP contribution in [0.4, 0.5) is 10.1 Å². The molecule has 0 saturated carbocycles. The summed E-state index contributed by atoms with van der Waals surface area (Å²) in [5.74, 6) is -1.73. The summed E-state index contributed by atoms with van der Waals surface area (Å²) in [6.07, 6.45) is 0. The van der Waals surface area contributed by atoms with Gasteiger partial charge in [0, 0.05) is 10.2 Å². The Kier molecular flexibility index (Phi) is 4.92. The van der Waals surface area contributed by atoms with Gasteiger partial charge in [-0.15, -0.1) is 0 Å². The molecule has 1 N–H and O–H groups in total. The number of nitrogens with one attached hydrogen (secondary N) is 1. The highest BCUT2D eigenvalue weighted by Gasteiger charge is 2.15. The Labute approximate surface area is 135 Å². The van der Waals surface area contributed by atoms with Gasteiger partial charge in [-0.2, -0.15) is 0 Å². The molecule has 4 nitrogen and oxygen atoms in total. The summed E-state index contributed by atoms with van der Waals surface area (Å²) in [6.45, 7) is 1.77. The molecule has 0 unspecified atom stereocenters. The fourth-order valence-electron chi connectivity index (χ4n) is 1.86. The van der Waals surface area contributed by atoms with E-state index in [1.165, 1.54) is 31.4 Å². The van der Waals surface area contributed by atoms with Gasteiger partial charge in [0.05, 0.1) is 18.2 Å². The topological polar surface area (TPSA) is 55.4 Å². The maximum absolute atomic E-state index is 13.7. The second-order valence-electron chi connectivity index (χ2n) is 4.60. The van der Waals surface area contributed by atoms with Crippen LogP contribution in [-0.2, 0) is 4.74 Å². The van der Waals surface area contributed by atoms with E-state index in [1.54, 1.807) is 19.1 Å². The van der Waals surface area contributed by atoms with Crippen LogP contribution in [0.1, 0.15) is 26.3 Å². The minimum Gasteiger partial charge on any atom is -0.465 e. The van der Waals surface area contributed by atoms with Crippen LogP contribution >= 0.6 is 15.9 Å². The quantitative estimate of drug-likeness (QED) is 0.838. The highest BCUT2D eigenvalue weighted by molar-refractivity contribution is 9.10. The van der Waals surface area contributed by atoms with Gasteiger partial charge in [-0.25, -0.2) is 9.18 Å². The lowest BCUT2D eigenvalue weighted by atomic mass is 10.1. The minimum absolute atomic E-state index is 0.0859. The van der Waals surface area contributed by atoms with E-state index >= 15 is 0 Å². The average molecular weight is 366 g/mol. The van der Waals surface area contributed by atoms with Crippen molar-refractivity contribution in [1.82, 2.24) is 0 Å². The van der Waals surface area contributed by atoms with E-state index in [0.29, 0.717) is 15.7 Å². The molecule has 0 saturated heterocycles. The number of rotatable bonds is 3. The molecule has 0 atom stereocenters. The van der Waals surface area contributed by atoms with Gasteiger partial charge in [0.1, 0.15) is 5.82 Å². The van der Waals surface area contributed by atoms with Crippen molar-refractivity contribution in [2.45, 2.75) is 6.92 Å². The van der Waals surface area contributed by atoms with E-state index in [2.05, 4.69) is 26.0 Å². The molecule has 1 amide bonds. The van der Waals surface area contributed by atoms with Gasteiger partial charge >= 0.3 is 5.97 Å². The predicted molar refractivity (Wildman–Crippen MR) is 84.6 cm³/mol. The normalized spacial score (nSPS) is 10.2. The number of carbonyl (C=O) groups is 2. The molecule has 2 aromatic rings. The SMILES string of the molecule is COC(=O)c1ccc(C)c(NC(=O)c2cc(Br)ccc2F)c1. The fourth-order valence-corrected chi connectivity index (χ4v) is 2.22. The van der Waals surface area contributed by atoms with Crippen LogP contribution in [0.3, 0.4) is 0 Å². The molecular weight excluding hydrogens is 353 g/mol. The molecule has 0 fully saturated rings. The fraction of sp³-hybridized carbons (Fsp3) is 0.125. The molecule has 2 rings (SSSR count). The highest BCUT2D eigenvalue weighted by atomic mass is 79.9. The summed E-state index contributed by atoms with van der Waals surface area (Å²) in [7, 11) is 1.28. The van der Waals surface area contributed by atoms with Gasteiger partial charge in [0.25, 0.3) is 5.91 Å². The summed E-state index contributed by atoms with van der Waals surface area (Å²) >= 11 is 3.20. The Balaban J connectivity index is 2.32. The molecule has 6 heteroatoms. The van der Waals surface area contributed by atoms with Crippen LogP contribution < -0.4 is 5.32 Å². The van der Waals surface area contributed by atoms with Crippen molar-refractivity contribution < 1.29 is 18.7 Å². The van der Waals surface area contributed by atoms with Crippen LogP contribution in [-0.4, -0.2) is 19.0 Å². The first-order chi connectivity index (χ1) is 10.4. The predicted octanol–water partition coefficient (Wildman–Crippen LogP) is 3.94. The molecular formula is C16H13BrFNO3. The van der Waals surface area contributed by atoms with E-state index in [0.717, 1.165) is 5.56 Å². The molecule has 0 aliphatic rings. The maximum Gasteiger partial charge on any atom is 0.337 e. The zero-order valence-electron chi connectivity index (χ0n) is 11.9. The number of carbonyl (C=O) groups excluding carboxylic acids is 2. The first-order valence-corrected chi connectivity index (χ1v) is 7.17. The number of hydrogen-bond acceptors (Lipinski definition) is 3. The number of hydrogen-bond donors (Lipinski definition) is 1. The molecule has 2 aromatic carbocycles. The maximum atomic E-state index is 13.7. The lowest BCUT2D eigenvalue weighted by Gasteiger charge is -2.10. The molecule has 0 aliphatic heterocycles. The summed E-state index contributed by atoms with van der Waals surface area (Å²) < 4.78 is 19.0. The molecule has 22 heavy (non-hydrogen) atoms. The third-order valence-electron chi connectivity index (χ3n) is 3.08. The number of anilines is 1. The number of halogens is 2. The zero-order valence-corrected chi connectivity index (χ0v) is 13.5. The van der Waals surface area contributed by atoms with Crippen molar-refractivity contribution in [1.29, 1.82) is 0 Å². The number of ether oxygens (including phenoxy) is 1. The first kappa shape index (κ1) is 16.2. The van der Waals surface area contributed by atoms with Gasteiger partial charge in [0.15, 0.2) is 0 Å². The summed E-state index contributed by atoms with van der Waals surface area (Å²) in [6, 6.07) is 8.88. The van der Waals surface area contributed by atoms with Gasteiger partial charge < -0.3 is 10.1 Å². The van der Waals surface area contributed by atoms with E-state index in [-0.39, 0.29) is 5.56 Å². The Morgan fingerprint density at radius 1 is 1.18 bits per heavy atom. The number of methoxy groups -OCH3 is 1. The number of amides is 1. The van der Waals surface area contributed by atoms with Gasteiger partial charge in [-0.1, -0.05) is 22.0 Å². The Hall–Kier alpha value is -2.21. The third kappa shape index (κ3) is 3.51. The van der Waals surface area contributed by atoms with Crippen LogP contribution in [0.5, 0.6) is 0 Å². The van der Waals surface area contributed by atoms with Crippen molar-refractivity contribution in [3.05, 3.63) is 63.4 Å². The molecule has 0 heterocycles. The van der Waals surface area contributed by atoms with Crippen molar-refractivity contribution in [3.8, 4) is 0 Å². The van der Waals surface area contributed by atoms with Gasteiger partial charge in [0.2, 0.25) is 0 Å². The lowest BCUT2D eigenvalue weighted by Crippen LogP contribution is -2.15. The Morgan fingerprint density at radius 2 is 1.91 bits per heavy atom. The van der Waals surface area contributed by atoms with Crippen molar-refractivity contribution >= 4 is 33.5 Å². The van der Waals surface area contributed by atoms with Crippen LogP contribution in [0.25, 0.3) is 0 Å². The number of aryl methyl sites for hydroxylation is 1. The summed E-state index contributed by atoms with van der Waals surface area (Å²) in [5.41, 5.74) is 1.39. The van der Waals surface area contributed by atoms with Crippen molar-refractivity contribution in [2.75, 3.05) is 12.4 Å². The number of esters is 1. The van der Waals surface area contributed by atoms with Gasteiger partial charge in [-0.05, 0) is 42.8 Å². The van der Waals surface area contributed by atoms with Crippen LogP contribution in [0.2, 0.25) is 0 Å². The molecule has 0 spiro atoms. The van der Waals surface area contributed by atoms with Gasteiger partial charge in [-0.3, -0.25) is 4.79 Å². The zero-order chi connectivity index (χ0) is 16.3. The first-order valence-electron chi connectivity index (χ1n) is 6.37. The van der Waals surface area contributed by atoms with E-state index in [4.69, 9.17) is 0 Å². The van der Waals surface area contributed by atoms with E-state index in [9.17, 15) is 14.0 Å². The summed E-state index contributed by atoms with van der Waals surface area (Å²) in [5, 5.41) is 2.61.